The lowest BCUT2D eigenvalue weighted by atomic mass is 9.88. The van der Waals surface area contributed by atoms with Crippen LogP contribution in [0.25, 0.3) is 0 Å². The van der Waals surface area contributed by atoms with Gasteiger partial charge < -0.3 is 4.90 Å². The Bertz CT molecular complexity index is 723. The molecular formula is C22H21N. The van der Waals surface area contributed by atoms with E-state index in [2.05, 4.69) is 96.9 Å². The van der Waals surface area contributed by atoms with E-state index in [-0.39, 0.29) is 0 Å². The van der Waals surface area contributed by atoms with E-state index in [1.54, 1.807) is 0 Å². The summed E-state index contributed by atoms with van der Waals surface area (Å²) >= 11 is 0. The van der Waals surface area contributed by atoms with E-state index in [1.807, 2.05) is 0 Å². The number of anilines is 3. The van der Waals surface area contributed by atoms with Gasteiger partial charge in [-0.25, -0.2) is 0 Å². The van der Waals surface area contributed by atoms with Crippen LogP contribution in [-0.4, -0.2) is 0 Å². The van der Waals surface area contributed by atoms with Crippen LogP contribution in [0.4, 0.5) is 17.1 Å². The molecule has 0 aromatic heterocycles. The molecule has 0 unspecified atom stereocenters. The molecule has 0 saturated heterocycles. The average Bonchev–Trinajstić information content (AvgIpc) is 2.61. The maximum atomic E-state index is 3.00. The molecule has 0 heterocycles. The van der Waals surface area contributed by atoms with Crippen LogP contribution in [0.2, 0.25) is 0 Å². The van der Waals surface area contributed by atoms with Crippen LogP contribution in [0.1, 0.15) is 11.1 Å². The molecule has 1 nitrogen and oxygen atoms in total. The molecule has 1 heteroatoms. The zero-order valence-corrected chi connectivity index (χ0v) is 13.3. The first-order valence-corrected chi connectivity index (χ1v) is 7.94. The highest BCUT2D eigenvalue weighted by Gasteiger charge is 2.17. The summed E-state index contributed by atoms with van der Waals surface area (Å²) in [6.45, 7) is 6.00. The molecule has 3 aromatic carbocycles. The molecule has 0 aliphatic heterocycles. The second-order valence-electron chi connectivity index (χ2n) is 5.46. The van der Waals surface area contributed by atoms with E-state index in [1.165, 1.54) is 41.0 Å². The minimum atomic E-state index is 1.20. The molecule has 1 aliphatic rings. The summed E-state index contributed by atoms with van der Waals surface area (Å²) in [6.07, 6.45) is 2.44. The highest BCUT2D eigenvalue weighted by atomic mass is 15.1. The van der Waals surface area contributed by atoms with Gasteiger partial charge in [-0.05, 0) is 60.4 Å². The molecule has 114 valence electrons. The number of rotatable bonds is 3. The fourth-order valence-electron chi connectivity index (χ4n) is 2.92. The highest BCUT2D eigenvalue weighted by Crippen LogP contribution is 2.36. The highest BCUT2D eigenvalue weighted by molar-refractivity contribution is 5.77. The summed E-state index contributed by atoms with van der Waals surface area (Å²) in [7, 11) is 0. The van der Waals surface area contributed by atoms with E-state index in [4.69, 9.17) is 0 Å². The Morgan fingerprint density at radius 1 is 0.565 bits per heavy atom. The van der Waals surface area contributed by atoms with E-state index in [0.717, 1.165) is 0 Å². The predicted molar refractivity (Wildman–Crippen MR) is 99.8 cm³/mol. The average molecular weight is 299 g/mol. The van der Waals surface area contributed by atoms with E-state index < -0.39 is 0 Å². The van der Waals surface area contributed by atoms with Crippen LogP contribution < -0.4 is 4.90 Å². The van der Waals surface area contributed by atoms with Crippen molar-refractivity contribution in [1.29, 1.82) is 0 Å². The van der Waals surface area contributed by atoms with E-state index in [0.29, 0.717) is 0 Å². The fraction of sp³-hybridized carbons (Fsp3) is 0.0909. The maximum absolute atomic E-state index is 3.00. The van der Waals surface area contributed by atoms with Crippen molar-refractivity contribution in [2.45, 2.75) is 12.8 Å². The molecule has 23 heavy (non-hydrogen) atoms. The first-order valence-electron chi connectivity index (χ1n) is 7.94. The molecule has 0 amide bonds. The molecule has 0 bridgehead atoms. The van der Waals surface area contributed by atoms with Gasteiger partial charge in [-0.15, -0.1) is 13.2 Å². The smallest absolute Gasteiger partial charge is 0.0464 e. The van der Waals surface area contributed by atoms with Gasteiger partial charge in [0.15, 0.2) is 0 Å². The van der Waals surface area contributed by atoms with Crippen molar-refractivity contribution >= 4 is 17.1 Å². The van der Waals surface area contributed by atoms with Crippen molar-refractivity contribution < 1.29 is 0 Å². The Morgan fingerprint density at radius 3 is 1.52 bits per heavy atom. The SMILES string of the molecule is C=C.c1ccc(N(c2ccccc2)c2ccc3c(c2)CC3)cc1. The second kappa shape index (κ2) is 6.97. The molecule has 1 aliphatic carbocycles. The quantitative estimate of drug-likeness (QED) is 0.531. The fourth-order valence-corrected chi connectivity index (χ4v) is 2.92. The van der Waals surface area contributed by atoms with Gasteiger partial charge in [0, 0.05) is 17.1 Å². The minimum Gasteiger partial charge on any atom is -0.310 e. The zero-order chi connectivity index (χ0) is 16.1. The molecule has 0 radical (unpaired) electrons. The van der Waals surface area contributed by atoms with Gasteiger partial charge in [-0.3, -0.25) is 0 Å². The van der Waals surface area contributed by atoms with Crippen molar-refractivity contribution in [3.8, 4) is 0 Å². The van der Waals surface area contributed by atoms with Gasteiger partial charge in [0.2, 0.25) is 0 Å². The van der Waals surface area contributed by atoms with Crippen LogP contribution >= 0.6 is 0 Å². The van der Waals surface area contributed by atoms with Crippen molar-refractivity contribution in [2.75, 3.05) is 4.90 Å². The lowest BCUT2D eigenvalue weighted by Gasteiger charge is -2.28. The standard InChI is InChI=1S/C20H17N.C2H4/c1-3-7-18(8-4-1)21(19-9-5-2-6-10-19)20-14-13-16-11-12-17(16)15-20;1-2/h1-10,13-15H,11-12H2;1-2H2. The monoisotopic (exact) mass is 299 g/mol. The van der Waals surface area contributed by atoms with Crippen molar-refractivity contribution in [3.05, 3.63) is 103 Å². The van der Waals surface area contributed by atoms with Crippen molar-refractivity contribution in [2.24, 2.45) is 0 Å². The minimum absolute atomic E-state index is 1.20. The normalized spacial score (nSPS) is 11.5. The molecule has 0 saturated carbocycles. The third-order valence-corrected chi connectivity index (χ3v) is 4.14. The molecule has 0 fully saturated rings. The Morgan fingerprint density at radius 2 is 1.09 bits per heavy atom. The first-order chi connectivity index (χ1) is 11.4. The summed E-state index contributed by atoms with van der Waals surface area (Å²) in [4.78, 5) is 2.32. The maximum Gasteiger partial charge on any atom is 0.0464 e. The largest absolute Gasteiger partial charge is 0.310 e. The number of hydrogen-bond acceptors (Lipinski definition) is 1. The number of hydrogen-bond donors (Lipinski definition) is 0. The van der Waals surface area contributed by atoms with Gasteiger partial charge in [0.05, 0.1) is 0 Å². The third-order valence-electron chi connectivity index (χ3n) is 4.14. The van der Waals surface area contributed by atoms with Crippen LogP contribution in [0.3, 0.4) is 0 Å². The summed E-state index contributed by atoms with van der Waals surface area (Å²) in [5.41, 5.74) is 6.63. The Labute approximate surface area is 138 Å². The summed E-state index contributed by atoms with van der Waals surface area (Å²) in [5, 5.41) is 0. The molecule has 0 N–H and O–H groups in total. The Kier molecular flexibility index (Phi) is 4.58. The molecule has 0 atom stereocenters. The first kappa shape index (κ1) is 15.1. The third kappa shape index (κ3) is 3.04. The molecule has 4 rings (SSSR count). The van der Waals surface area contributed by atoms with Gasteiger partial charge in [0.1, 0.15) is 0 Å². The van der Waals surface area contributed by atoms with E-state index >= 15 is 0 Å². The van der Waals surface area contributed by atoms with Crippen LogP contribution in [0, 0.1) is 0 Å². The van der Waals surface area contributed by atoms with Gasteiger partial charge in [-0.2, -0.15) is 0 Å². The Hall–Kier alpha value is -2.80. The lowest BCUT2D eigenvalue weighted by molar-refractivity contribution is 0.839. The van der Waals surface area contributed by atoms with Gasteiger partial charge >= 0.3 is 0 Å². The number of benzene rings is 3. The molecule has 3 aromatic rings. The van der Waals surface area contributed by atoms with Crippen molar-refractivity contribution in [1.82, 2.24) is 0 Å². The van der Waals surface area contributed by atoms with Gasteiger partial charge in [-0.1, -0.05) is 42.5 Å². The number of aryl methyl sites for hydroxylation is 2. The summed E-state index contributed by atoms with van der Waals surface area (Å²) < 4.78 is 0. The lowest BCUT2D eigenvalue weighted by Crippen LogP contribution is -2.13. The Balaban J connectivity index is 0.000000753. The molecule has 0 spiro atoms. The summed E-state index contributed by atoms with van der Waals surface area (Å²) in [5.74, 6) is 0. The number of fused-ring (bicyclic) bond motifs is 1. The number of para-hydroxylation sites is 2. The van der Waals surface area contributed by atoms with Gasteiger partial charge in [0.25, 0.3) is 0 Å². The molecular weight excluding hydrogens is 278 g/mol. The summed E-state index contributed by atoms with van der Waals surface area (Å²) in [6, 6.07) is 28.0. The van der Waals surface area contributed by atoms with Crippen LogP contribution in [0.5, 0.6) is 0 Å². The predicted octanol–water partition coefficient (Wildman–Crippen LogP) is 6.06. The van der Waals surface area contributed by atoms with E-state index in [9.17, 15) is 0 Å². The number of nitrogens with zero attached hydrogens (tertiary/aromatic N) is 1. The second-order valence-corrected chi connectivity index (χ2v) is 5.46. The van der Waals surface area contributed by atoms with Crippen LogP contribution in [-0.2, 0) is 12.8 Å². The zero-order valence-electron chi connectivity index (χ0n) is 13.3. The van der Waals surface area contributed by atoms with Crippen LogP contribution in [0.15, 0.2) is 92.0 Å². The van der Waals surface area contributed by atoms with Crippen molar-refractivity contribution in [3.63, 3.8) is 0 Å². The topological polar surface area (TPSA) is 3.24 Å².